The third kappa shape index (κ3) is 2.68. The van der Waals surface area contributed by atoms with E-state index in [-0.39, 0.29) is 12.3 Å². The zero-order valence-corrected chi connectivity index (χ0v) is 8.98. The summed E-state index contributed by atoms with van der Waals surface area (Å²) in [5.74, 6) is 0.224. The summed E-state index contributed by atoms with van der Waals surface area (Å²) in [5.41, 5.74) is 1.50. The lowest BCUT2D eigenvalue weighted by Gasteiger charge is -2.13. The van der Waals surface area contributed by atoms with Crippen LogP contribution in [0.4, 0.5) is 8.78 Å². The molecule has 0 radical (unpaired) electrons. The summed E-state index contributed by atoms with van der Waals surface area (Å²) in [6.45, 7) is 3.95. The molecule has 14 heavy (non-hydrogen) atoms. The summed E-state index contributed by atoms with van der Waals surface area (Å²) in [4.78, 5) is 0. The predicted octanol–water partition coefficient (Wildman–Crippen LogP) is 4.27. The van der Waals surface area contributed by atoms with Crippen LogP contribution in [-0.2, 0) is 6.42 Å². The monoisotopic (exact) mass is 218 g/mol. The lowest BCUT2D eigenvalue weighted by Crippen LogP contribution is -2.03. The Hall–Kier alpha value is -0.630. The molecular weight excluding hydrogens is 206 g/mol. The Morgan fingerprint density at radius 2 is 1.93 bits per heavy atom. The quantitative estimate of drug-likeness (QED) is 0.711. The Morgan fingerprint density at radius 3 is 2.43 bits per heavy atom. The molecule has 1 aromatic carbocycles. The number of hydrogen-bond acceptors (Lipinski definition) is 0. The normalized spacial score (nSPS) is 11.4. The molecule has 0 saturated carbocycles. The molecule has 0 fully saturated rings. The Labute approximate surface area is 87.9 Å². The van der Waals surface area contributed by atoms with Crippen LogP contribution in [0.2, 0.25) is 5.02 Å². The first-order valence-corrected chi connectivity index (χ1v) is 4.95. The predicted molar refractivity (Wildman–Crippen MR) is 55.2 cm³/mol. The van der Waals surface area contributed by atoms with Gasteiger partial charge in [0, 0.05) is 11.4 Å². The Balaban J connectivity index is 3.09. The molecular formula is C11H13ClF2. The van der Waals surface area contributed by atoms with E-state index >= 15 is 0 Å². The summed E-state index contributed by atoms with van der Waals surface area (Å²) in [7, 11) is 0. The van der Waals surface area contributed by atoms with Crippen LogP contribution in [0.25, 0.3) is 0 Å². The largest absolute Gasteiger partial charge is 0.242 e. The molecule has 0 aliphatic heterocycles. The molecule has 0 heterocycles. The highest BCUT2D eigenvalue weighted by Gasteiger charge is 2.14. The molecule has 0 N–H and O–H groups in total. The summed E-state index contributed by atoms with van der Waals surface area (Å²) >= 11 is 5.88. The van der Waals surface area contributed by atoms with Gasteiger partial charge in [0.1, 0.15) is 0 Å². The van der Waals surface area contributed by atoms with Gasteiger partial charge in [0.15, 0.2) is 0 Å². The van der Waals surface area contributed by atoms with Gasteiger partial charge < -0.3 is 0 Å². The van der Waals surface area contributed by atoms with E-state index in [1.165, 1.54) is 0 Å². The molecule has 0 nitrogen and oxygen atoms in total. The van der Waals surface area contributed by atoms with E-state index in [1.807, 2.05) is 19.9 Å². The van der Waals surface area contributed by atoms with Gasteiger partial charge in [-0.1, -0.05) is 37.6 Å². The molecule has 0 bridgehead atoms. The van der Waals surface area contributed by atoms with Crippen molar-refractivity contribution in [3.05, 3.63) is 34.3 Å². The minimum Gasteiger partial charge on any atom is -0.210 e. The standard InChI is InChI=1S/C11H13ClF2/c1-7(2)8-4-3-5-10(12)9(8)6-11(13)14/h3-5,7,11H,6H2,1-2H3. The fraction of sp³-hybridized carbons (Fsp3) is 0.455. The lowest BCUT2D eigenvalue weighted by molar-refractivity contribution is 0.148. The highest BCUT2D eigenvalue weighted by atomic mass is 35.5. The van der Waals surface area contributed by atoms with Crippen molar-refractivity contribution in [2.45, 2.75) is 32.6 Å². The average molecular weight is 219 g/mol. The van der Waals surface area contributed by atoms with Crippen LogP contribution in [-0.4, -0.2) is 6.43 Å². The molecule has 0 atom stereocenters. The van der Waals surface area contributed by atoms with Crippen LogP contribution in [0.3, 0.4) is 0 Å². The Bertz CT molecular complexity index is 308. The van der Waals surface area contributed by atoms with E-state index in [0.717, 1.165) is 5.56 Å². The van der Waals surface area contributed by atoms with Crippen LogP contribution in [0.15, 0.2) is 18.2 Å². The number of halogens is 3. The van der Waals surface area contributed by atoms with Crippen molar-refractivity contribution in [3.63, 3.8) is 0 Å². The first-order valence-electron chi connectivity index (χ1n) is 4.57. The molecule has 1 aromatic rings. The zero-order chi connectivity index (χ0) is 10.7. The summed E-state index contributed by atoms with van der Waals surface area (Å²) in [5, 5.41) is 0.441. The number of alkyl halides is 2. The Kier molecular flexibility index (Phi) is 3.87. The van der Waals surface area contributed by atoms with Gasteiger partial charge in [-0.3, -0.25) is 0 Å². The number of benzene rings is 1. The van der Waals surface area contributed by atoms with E-state index < -0.39 is 6.43 Å². The molecule has 0 unspecified atom stereocenters. The fourth-order valence-corrected chi connectivity index (χ4v) is 1.74. The van der Waals surface area contributed by atoms with Crippen LogP contribution < -0.4 is 0 Å². The first kappa shape index (κ1) is 11.4. The van der Waals surface area contributed by atoms with Gasteiger partial charge in [0.2, 0.25) is 6.43 Å². The van der Waals surface area contributed by atoms with E-state index in [4.69, 9.17) is 11.6 Å². The molecule has 0 spiro atoms. The van der Waals surface area contributed by atoms with Crippen molar-refractivity contribution in [1.29, 1.82) is 0 Å². The third-order valence-corrected chi connectivity index (χ3v) is 2.49. The second-order valence-corrected chi connectivity index (χ2v) is 3.96. The number of hydrogen-bond donors (Lipinski definition) is 0. The van der Waals surface area contributed by atoms with Crippen LogP contribution in [0.5, 0.6) is 0 Å². The van der Waals surface area contributed by atoms with E-state index in [2.05, 4.69) is 0 Å². The van der Waals surface area contributed by atoms with Crippen molar-refractivity contribution in [2.75, 3.05) is 0 Å². The summed E-state index contributed by atoms with van der Waals surface area (Å²) in [6, 6.07) is 5.31. The van der Waals surface area contributed by atoms with E-state index in [0.29, 0.717) is 10.6 Å². The van der Waals surface area contributed by atoms with Crippen LogP contribution >= 0.6 is 11.6 Å². The zero-order valence-electron chi connectivity index (χ0n) is 8.23. The second-order valence-electron chi connectivity index (χ2n) is 3.56. The maximum atomic E-state index is 12.3. The molecule has 0 aromatic heterocycles. The summed E-state index contributed by atoms with van der Waals surface area (Å²) < 4.78 is 24.6. The Morgan fingerprint density at radius 1 is 1.29 bits per heavy atom. The lowest BCUT2D eigenvalue weighted by atomic mass is 9.95. The van der Waals surface area contributed by atoms with Gasteiger partial charge in [-0.25, -0.2) is 8.78 Å². The fourth-order valence-electron chi connectivity index (χ4n) is 1.49. The first-order chi connectivity index (χ1) is 6.52. The molecule has 0 saturated heterocycles. The molecule has 0 aliphatic carbocycles. The van der Waals surface area contributed by atoms with Crippen LogP contribution in [0.1, 0.15) is 30.9 Å². The van der Waals surface area contributed by atoms with Gasteiger partial charge in [-0.2, -0.15) is 0 Å². The van der Waals surface area contributed by atoms with Gasteiger partial charge >= 0.3 is 0 Å². The van der Waals surface area contributed by atoms with Gasteiger partial charge in [0.05, 0.1) is 0 Å². The molecule has 78 valence electrons. The van der Waals surface area contributed by atoms with Gasteiger partial charge in [-0.15, -0.1) is 0 Å². The SMILES string of the molecule is CC(C)c1cccc(Cl)c1CC(F)F. The maximum absolute atomic E-state index is 12.3. The topological polar surface area (TPSA) is 0 Å². The third-order valence-electron chi connectivity index (χ3n) is 2.14. The minimum atomic E-state index is -2.34. The molecule has 0 aliphatic rings. The highest BCUT2D eigenvalue weighted by molar-refractivity contribution is 6.31. The van der Waals surface area contributed by atoms with Crippen molar-refractivity contribution >= 4 is 11.6 Å². The van der Waals surface area contributed by atoms with Crippen molar-refractivity contribution in [3.8, 4) is 0 Å². The average Bonchev–Trinajstić information content (AvgIpc) is 2.07. The maximum Gasteiger partial charge on any atom is 0.242 e. The summed E-state index contributed by atoms with van der Waals surface area (Å²) in [6.07, 6.45) is -2.60. The number of rotatable bonds is 3. The molecule has 3 heteroatoms. The smallest absolute Gasteiger partial charge is 0.210 e. The second kappa shape index (κ2) is 4.74. The minimum absolute atomic E-state index is 0.224. The molecule has 1 rings (SSSR count). The van der Waals surface area contributed by atoms with E-state index in [1.54, 1.807) is 12.1 Å². The van der Waals surface area contributed by atoms with E-state index in [9.17, 15) is 8.78 Å². The van der Waals surface area contributed by atoms with Gasteiger partial charge in [0.25, 0.3) is 0 Å². The van der Waals surface area contributed by atoms with Crippen molar-refractivity contribution in [1.82, 2.24) is 0 Å². The highest BCUT2D eigenvalue weighted by Crippen LogP contribution is 2.27. The van der Waals surface area contributed by atoms with Gasteiger partial charge in [-0.05, 0) is 23.1 Å². The van der Waals surface area contributed by atoms with Crippen molar-refractivity contribution < 1.29 is 8.78 Å². The van der Waals surface area contributed by atoms with Crippen molar-refractivity contribution in [2.24, 2.45) is 0 Å². The van der Waals surface area contributed by atoms with Crippen LogP contribution in [0, 0.1) is 0 Å². The molecule has 0 amide bonds.